The number of hydrogen-bond acceptors (Lipinski definition) is 5. The Bertz CT molecular complexity index is 389. The first-order valence-electron chi connectivity index (χ1n) is 5.64. The number of methoxy groups -OCH3 is 1. The summed E-state index contributed by atoms with van der Waals surface area (Å²) in [5.41, 5.74) is 0. The van der Waals surface area contributed by atoms with Crippen molar-refractivity contribution >= 4 is 23.1 Å². The molecule has 2 rings (SSSR count). The van der Waals surface area contributed by atoms with Gasteiger partial charge in [-0.05, 0) is 31.1 Å². The Morgan fingerprint density at radius 2 is 2.35 bits per heavy atom. The molecule has 0 N–H and O–H groups in total. The van der Waals surface area contributed by atoms with Crippen LogP contribution >= 0.6 is 12.2 Å². The summed E-state index contributed by atoms with van der Waals surface area (Å²) in [4.78, 5) is 18.1. The smallest absolute Gasteiger partial charge is 0.326 e. The van der Waals surface area contributed by atoms with Crippen molar-refractivity contribution in [3.05, 3.63) is 24.0 Å². The fourth-order valence-electron chi connectivity index (χ4n) is 1.94. The lowest BCUT2D eigenvalue weighted by atomic mass is 10.2. The number of rotatable bonds is 3. The first-order valence-corrected chi connectivity index (χ1v) is 6.05. The fourth-order valence-corrected chi connectivity index (χ4v) is 2.09. The van der Waals surface area contributed by atoms with Crippen LogP contribution in [0.15, 0.2) is 24.0 Å². The Hall–Kier alpha value is -1.20. The lowest BCUT2D eigenvalue weighted by molar-refractivity contribution is -0.169. The van der Waals surface area contributed by atoms with E-state index in [1.807, 2.05) is 18.2 Å². The van der Waals surface area contributed by atoms with Crippen LogP contribution in [0.2, 0.25) is 0 Å². The molecule has 0 spiro atoms. The van der Waals surface area contributed by atoms with Crippen LogP contribution < -0.4 is 0 Å². The van der Waals surface area contributed by atoms with Gasteiger partial charge in [0.05, 0.1) is 7.11 Å². The number of carbonyl (C=O) groups excluding carboxylic acids is 1. The molecule has 0 unspecified atom stereocenters. The van der Waals surface area contributed by atoms with Gasteiger partial charge in [-0.3, -0.25) is 4.79 Å². The van der Waals surface area contributed by atoms with Gasteiger partial charge in [0, 0.05) is 17.8 Å². The lowest BCUT2D eigenvalue weighted by Crippen LogP contribution is -2.36. The number of hydrogen-bond donors (Lipinski definition) is 0. The van der Waals surface area contributed by atoms with E-state index in [4.69, 9.17) is 21.8 Å². The third-order valence-electron chi connectivity index (χ3n) is 2.84. The summed E-state index contributed by atoms with van der Waals surface area (Å²) in [5.74, 6) is 0.507. The van der Waals surface area contributed by atoms with E-state index in [1.165, 1.54) is 7.11 Å². The average molecular weight is 253 g/mol. The Morgan fingerprint density at radius 3 is 3.00 bits per heavy atom. The van der Waals surface area contributed by atoms with Crippen molar-refractivity contribution in [1.29, 1.82) is 0 Å². The Morgan fingerprint density at radius 1 is 1.53 bits per heavy atom. The molecule has 1 aliphatic heterocycles. The van der Waals surface area contributed by atoms with Crippen LogP contribution in [0.3, 0.4) is 0 Å². The van der Waals surface area contributed by atoms with Gasteiger partial charge in [0.25, 0.3) is 0 Å². The zero-order valence-corrected chi connectivity index (χ0v) is 10.5. The van der Waals surface area contributed by atoms with Crippen LogP contribution in [0.5, 0.6) is 0 Å². The molecule has 0 aromatic rings. The van der Waals surface area contributed by atoms with Crippen molar-refractivity contribution in [3.8, 4) is 0 Å². The molecule has 1 saturated heterocycles. The topological polar surface area (TPSA) is 38.8 Å². The number of thiocarbonyl (C=S) groups is 1. The first kappa shape index (κ1) is 12.3. The van der Waals surface area contributed by atoms with Gasteiger partial charge in [0.2, 0.25) is 0 Å². The van der Waals surface area contributed by atoms with Crippen LogP contribution in [0, 0.1) is 0 Å². The maximum atomic E-state index is 11.5. The predicted octanol–water partition coefficient (Wildman–Crippen LogP) is 1.77. The monoisotopic (exact) mass is 253 g/mol. The summed E-state index contributed by atoms with van der Waals surface area (Å²) in [6, 6.07) is -0.289. The second-order valence-electron chi connectivity index (χ2n) is 4.02. The van der Waals surface area contributed by atoms with Gasteiger partial charge in [-0.1, -0.05) is 12.2 Å². The van der Waals surface area contributed by atoms with E-state index in [-0.39, 0.29) is 12.0 Å². The highest BCUT2D eigenvalue weighted by atomic mass is 32.1. The molecule has 1 fully saturated rings. The van der Waals surface area contributed by atoms with E-state index in [2.05, 4.69) is 0 Å². The number of allylic oxidation sites excluding steroid dienone is 3. The highest BCUT2D eigenvalue weighted by molar-refractivity contribution is 7.80. The third kappa shape index (κ3) is 2.92. The maximum Gasteiger partial charge on any atom is 0.326 e. The highest BCUT2D eigenvalue weighted by Gasteiger charge is 2.33. The largest absolute Gasteiger partial charge is 0.468 e. The SMILES string of the molecule is COC(=O)[C@@H]1CCCN1OC1=CCC(=S)C=C1. The van der Waals surface area contributed by atoms with Crippen LogP contribution in [-0.4, -0.2) is 35.6 Å². The summed E-state index contributed by atoms with van der Waals surface area (Å²) < 4.78 is 4.75. The average Bonchev–Trinajstić information content (AvgIpc) is 2.79. The van der Waals surface area contributed by atoms with Crippen molar-refractivity contribution in [1.82, 2.24) is 5.06 Å². The van der Waals surface area contributed by atoms with Gasteiger partial charge >= 0.3 is 5.97 Å². The molecule has 0 amide bonds. The van der Waals surface area contributed by atoms with Crippen molar-refractivity contribution < 1.29 is 14.4 Å². The van der Waals surface area contributed by atoms with Crippen molar-refractivity contribution in [2.45, 2.75) is 25.3 Å². The van der Waals surface area contributed by atoms with E-state index in [0.717, 1.165) is 36.4 Å². The minimum Gasteiger partial charge on any atom is -0.468 e. The Balaban J connectivity index is 1.96. The summed E-state index contributed by atoms with van der Waals surface area (Å²) in [6.07, 6.45) is 8.05. The number of carbonyl (C=O) groups is 1. The van der Waals surface area contributed by atoms with Crippen LogP contribution in [-0.2, 0) is 14.4 Å². The van der Waals surface area contributed by atoms with Gasteiger partial charge < -0.3 is 9.57 Å². The van der Waals surface area contributed by atoms with E-state index in [0.29, 0.717) is 0 Å². The molecule has 1 atom stereocenters. The molecule has 0 bridgehead atoms. The fraction of sp³-hybridized carbons (Fsp3) is 0.500. The maximum absolute atomic E-state index is 11.5. The zero-order chi connectivity index (χ0) is 12.3. The first-order chi connectivity index (χ1) is 8.20. The normalized spacial score (nSPS) is 24.6. The van der Waals surface area contributed by atoms with Gasteiger partial charge in [0.1, 0.15) is 11.8 Å². The molecular formula is C12H15NO3S. The number of nitrogens with zero attached hydrogens (tertiary/aromatic N) is 1. The van der Waals surface area contributed by atoms with E-state index in [9.17, 15) is 4.79 Å². The van der Waals surface area contributed by atoms with Crippen LogP contribution in [0.25, 0.3) is 0 Å². The molecule has 2 aliphatic rings. The van der Waals surface area contributed by atoms with Gasteiger partial charge in [-0.25, -0.2) is 0 Å². The van der Waals surface area contributed by atoms with Gasteiger partial charge in [-0.2, -0.15) is 0 Å². The second kappa shape index (κ2) is 5.42. The molecule has 0 saturated carbocycles. The minimum atomic E-state index is -0.289. The molecule has 1 heterocycles. The molecule has 0 aromatic heterocycles. The van der Waals surface area contributed by atoms with Crippen LogP contribution in [0.1, 0.15) is 19.3 Å². The summed E-state index contributed by atoms with van der Waals surface area (Å²) in [6.45, 7) is 0.745. The third-order valence-corrected chi connectivity index (χ3v) is 3.14. The van der Waals surface area contributed by atoms with Crippen LogP contribution in [0.4, 0.5) is 0 Å². The zero-order valence-electron chi connectivity index (χ0n) is 9.72. The quantitative estimate of drug-likeness (QED) is 0.566. The molecule has 92 valence electrons. The number of hydroxylamine groups is 2. The predicted molar refractivity (Wildman–Crippen MR) is 67.3 cm³/mol. The van der Waals surface area contributed by atoms with Gasteiger partial charge in [-0.15, -0.1) is 5.06 Å². The van der Waals surface area contributed by atoms with Crippen molar-refractivity contribution in [2.24, 2.45) is 0 Å². The standard InChI is InChI=1S/C12H15NO3S/c1-15-12(14)11-3-2-8-13(11)16-9-4-6-10(17)7-5-9/h4-6,11H,2-3,7-8H2,1H3/t11-/m0/s1. The Labute approximate surface area is 106 Å². The van der Waals surface area contributed by atoms with Crippen molar-refractivity contribution in [2.75, 3.05) is 13.7 Å². The lowest BCUT2D eigenvalue weighted by Gasteiger charge is -2.23. The molecule has 1 aliphatic carbocycles. The number of ether oxygens (including phenoxy) is 1. The summed E-state index contributed by atoms with van der Waals surface area (Å²) >= 11 is 5.05. The molecule has 0 aromatic carbocycles. The Kier molecular flexibility index (Phi) is 3.91. The molecule has 17 heavy (non-hydrogen) atoms. The van der Waals surface area contributed by atoms with E-state index in [1.54, 1.807) is 5.06 Å². The van der Waals surface area contributed by atoms with Crippen molar-refractivity contribution in [3.63, 3.8) is 0 Å². The molecule has 4 nitrogen and oxygen atoms in total. The van der Waals surface area contributed by atoms with E-state index >= 15 is 0 Å². The van der Waals surface area contributed by atoms with E-state index < -0.39 is 0 Å². The summed E-state index contributed by atoms with van der Waals surface area (Å²) in [5, 5.41) is 1.69. The highest BCUT2D eigenvalue weighted by Crippen LogP contribution is 2.22. The molecule has 5 heteroatoms. The molecular weight excluding hydrogens is 238 g/mol. The molecule has 0 radical (unpaired) electrons. The van der Waals surface area contributed by atoms with Gasteiger partial charge in [0.15, 0.2) is 0 Å². The number of esters is 1. The second-order valence-corrected chi connectivity index (χ2v) is 4.55. The summed E-state index contributed by atoms with van der Waals surface area (Å²) in [7, 11) is 1.40. The minimum absolute atomic E-state index is 0.238.